The van der Waals surface area contributed by atoms with Crippen molar-refractivity contribution in [3.63, 3.8) is 0 Å². The van der Waals surface area contributed by atoms with E-state index in [-0.39, 0.29) is 5.91 Å². The molecule has 3 aromatic rings. The molecule has 0 aliphatic carbocycles. The molecule has 1 N–H and O–H groups in total. The van der Waals surface area contributed by atoms with E-state index in [4.69, 9.17) is 19.5 Å². The van der Waals surface area contributed by atoms with Gasteiger partial charge >= 0.3 is 0 Å². The Morgan fingerprint density at radius 2 is 1.72 bits per heavy atom. The summed E-state index contributed by atoms with van der Waals surface area (Å²) in [6, 6.07) is 12.4. The van der Waals surface area contributed by atoms with Crippen LogP contribution in [0.15, 0.2) is 36.4 Å². The fraction of sp³-hybridized carbons (Fsp3) is 0.190. The number of aromatic nitrogens is 1. The lowest BCUT2D eigenvalue weighted by molar-refractivity contribution is 0.102. The van der Waals surface area contributed by atoms with Crippen molar-refractivity contribution in [3.8, 4) is 33.9 Å². The van der Waals surface area contributed by atoms with Gasteiger partial charge in [-0.3, -0.25) is 4.79 Å². The largest absolute Gasteiger partial charge is 0.495 e. The number of methoxy groups -OCH3 is 3. The van der Waals surface area contributed by atoms with Crippen molar-refractivity contribution < 1.29 is 19.0 Å². The molecule has 0 fully saturated rings. The van der Waals surface area contributed by atoms with Crippen LogP contribution < -0.4 is 19.5 Å². The molecule has 3 rings (SSSR count). The van der Waals surface area contributed by atoms with Crippen LogP contribution in [-0.4, -0.2) is 32.2 Å². The van der Waals surface area contributed by atoms with Gasteiger partial charge in [-0.05, 0) is 43.3 Å². The predicted octanol–water partition coefficient (Wildman–Crippen LogP) is 4.27. The first kappa shape index (κ1) is 20.2. The van der Waals surface area contributed by atoms with Gasteiger partial charge in [0.1, 0.15) is 15.6 Å². The van der Waals surface area contributed by atoms with Gasteiger partial charge in [0.25, 0.3) is 5.91 Å². The Morgan fingerprint density at radius 3 is 2.38 bits per heavy atom. The third-order valence-corrected chi connectivity index (χ3v) is 5.42. The number of hydrogen-bond donors (Lipinski definition) is 1. The van der Waals surface area contributed by atoms with Crippen molar-refractivity contribution in [2.24, 2.45) is 0 Å². The second kappa shape index (κ2) is 8.63. The van der Waals surface area contributed by atoms with E-state index in [9.17, 15) is 4.79 Å². The molecular weight excluding hydrogens is 390 g/mol. The highest BCUT2D eigenvalue weighted by molar-refractivity contribution is 7.17. The molecule has 148 valence electrons. The number of nitrogens with zero attached hydrogens (tertiary/aromatic N) is 2. The van der Waals surface area contributed by atoms with Crippen molar-refractivity contribution in [2.75, 3.05) is 26.6 Å². The Morgan fingerprint density at radius 1 is 1.03 bits per heavy atom. The lowest BCUT2D eigenvalue weighted by Gasteiger charge is -2.10. The summed E-state index contributed by atoms with van der Waals surface area (Å²) in [5.74, 6) is 1.36. The van der Waals surface area contributed by atoms with Crippen LogP contribution in [0.25, 0.3) is 10.6 Å². The molecular formula is C21H19N3O4S. The van der Waals surface area contributed by atoms with Crippen LogP contribution in [0, 0.1) is 18.3 Å². The fourth-order valence-corrected chi connectivity index (χ4v) is 3.71. The van der Waals surface area contributed by atoms with Crippen LogP contribution in [0.4, 0.5) is 5.69 Å². The van der Waals surface area contributed by atoms with Crippen molar-refractivity contribution in [2.45, 2.75) is 6.92 Å². The molecule has 29 heavy (non-hydrogen) atoms. The number of carbonyl (C=O) groups excluding carboxylic acids is 1. The molecule has 0 saturated heterocycles. The number of carbonyl (C=O) groups is 1. The lowest BCUT2D eigenvalue weighted by Crippen LogP contribution is -2.12. The highest BCUT2D eigenvalue weighted by Crippen LogP contribution is 2.35. The van der Waals surface area contributed by atoms with Crippen molar-refractivity contribution >= 4 is 22.9 Å². The molecule has 0 unspecified atom stereocenters. The average Bonchev–Trinajstić information content (AvgIpc) is 3.14. The van der Waals surface area contributed by atoms with Gasteiger partial charge in [0, 0.05) is 5.56 Å². The molecule has 8 heteroatoms. The first-order valence-electron chi connectivity index (χ1n) is 8.60. The van der Waals surface area contributed by atoms with E-state index in [0.29, 0.717) is 44.1 Å². The van der Waals surface area contributed by atoms with Gasteiger partial charge in [0.15, 0.2) is 11.5 Å². The van der Waals surface area contributed by atoms with E-state index in [2.05, 4.69) is 16.4 Å². The van der Waals surface area contributed by atoms with Crippen molar-refractivity contribution in [3.05, 3.63) is 52.5 Å². The Balaban J connectivity index is 1.91. The van der Waals surface area contributed by atoms with Gasteiger partial charge in [-0.25, -0.2) is 4.98 Å². The quantitative estimate of drug-likeness (QED) is 0.654. The van der Waals surface area contributed by atoms with Crippen molar-refractivity contribution in [1.29, 1.82) is 5.26 Å². The van der Waals surface area contributed by atoms with Gasteiger partial charge in [0.05, 0.1) is 44.3 Å². The van der Waals surface area contributed by atoms with Crippen LogP contribution >= 0.6 is 11.3 Å². The molecule has 1 aromatic heterocycles. The number of anilines is 1. The van der Waals surface area contributed by atoms with Gasteiger partial charge in [-0.1, -0.05) is 0 Å². The fourth-order valence-electron chi connectivity index (χ4n) is 2.75. The monoisotopic (exact) mass is 409 g/mol. The van der Waals surface area contributed by atoms with E-state index >= 15 is 0 Å². The maximum atomic E-state index is 12.8. The molecule has 0 bridgehead atoms. The molecule has 0 aliphatic heterocycles. The molecule has 1 heterocycles. The van der Waals surface area contributed by atoms with E-state index in [1.165, 1.54) is 18.4 Å². The molecule has 2 aromatic carbocycles. The molecule has 0 aliphatic rings. The third kappa shape index (κ3) is 4.15. The third-order valence-electron chi connectivity index (χ3n) is 4.21. The first-order chi connectivity index (χ1) is 14.0. The number of nitriles is 1. The highest BCUT2D eigenvalue weighted by atomic mass is 32.1. The Hall–Kier alpha value is -3.57. The Bertz CT molecular complexity index is 1100. The highest BCUT2D eigenvalue weighted by Gasteiger charge is 2.19. The molecule has 1 amide bonds. The molecule has 0 radical (unpaired) electrons. The number of ether oxygens (including phenoxy) is 3. The summed E-state index contributed by atoms with van der Waals surface area (Å²) >= 11 is 1.27. The number of nitrogens with one attached hydrogen (secondary N) is 1. The van der Waals surface area contributed by atoms with E-state index in [1.54, 1.807) is 45.4 Å². The van der Waals surface area contributed by atoms with Crippen LogP contribution in [0.3, 0.4) is 0 Å². The first-order valence-corrected chi connectivity index (χ1v) is 9.41. The minimum atomic E-state index is -0.319. The summed E-state index contributed by atoms with van der Waals surface area (Å²) in [6.07, 6.45) is 0. The standard InChI is InChI=1S/C21H19N3O4S/c1-12-19(20(25)24-15-9-13(11-22)5-7-16(15)26-2)29-21(23-12)14-6-8-17(27-3)18(10-14)28-4/h5-10H,1-4H3,(H,24,25). The maximum Gasteiger partial charge on any atom is 0.267 e. The number of thiazole rings is 1. The smallest absolute Gasteiger partial charge is 0.267 e. The predicted molar refractivity (Wildman–Crippen MR) is 111 cm³/mol. The second-order valence-corrected chi connectivity index (χ2v) is 6.98. The minimum Gasteiger partial charge on any atom is -0.495 e. The summed E-state index contributed by atoms with van der Waals surface area (Å²) in [5.41, 5.74) is 2.27. The summed E-state index contributed by atoms with van der Waals surface area (Å²) in [5, 5.41) is 12.6. The number of amides is 1. The van der Waals surface area contributed by atoms with Crippen molar-refractivity contribution in [1.82, 2.24) is 4.98 Å². The summed E-state index contributed by atoms with van der Waals surface area (Å²) in [7, 11) is 4.64. The number of hydrogen-bond acceptors (Lipinski definition) is 7. The summed E-state index contributed by atoms with van der Waals surface area (Å²) in [4.78, 5) is 17.8. The zero-order valence-electron chi connectivity index (χ0n) is 16.4. The van der Waals surface area contributed by atoms with Crippen LogP contribution in [0.2, 0.25) is 0 Å². The SMILES string of the molecule is COc1ccc(C#N)cc1NC(=O)c1sc(-c2ccc(OC)c(OC)c2)nc1C. The van der Waals surface area contributed by atoms with Crippen LogP contribution in [0.5, 0.6) is 17.2 Å². The lowest BCUT2D eigenvalue weighted by atomic mass is 10.2. The van der Waals surface area contributed by atoms with Crippen LogP contribution in [-0.2, 0) is 0 Å². The molecule has 0 atom stereocenters. The van der Waals surface area contributed by atoms with E-state index < -0.39 is 0 Å². The molecule has 0 saturated carbocycles. The normalized spacial score (nSPS) is 10.2. The Kier molecular flexibility index (Phi) is 6.00. The van der Waals surface area contributed by atoms with Crippen LogP contribution in [0.1, 0.15) is 20.9 Å². The molecule has 0 spiro atoms. The van der Waals surface area contributed by atoms with E-state index in [0.717, 1.165) is 5.56 Å². The number of benzene rings is 2. The zero-order chi connectivity index (χ0) is 21.0. The average molecular weight is 409 g/mol. The number of rotatable bonds is 6. The van der Waals surface area contributed by atoms with Gasteiger partial charge in [0.2, 0.25) is 0 Å². The summed E-state index contributed by atoms with van der Waals surface area (Å²) < 4.78 is 15.9. The van der Waals surface area contributed by atoms with Gasteiger partial charge < -0.3 is 19.5 Å². The van der Waals surface area contributed by atoms with Gasteiger partial charge in [-0.2, -0.15) is 5.26 Å². The summed E-state index contributed by atoms with van der Waals surface area (Å²) in [6.45, 7) is 1.78. The molecule has 7 nitrogen and oxygen atoms in total. The zero-order valence-corrected chi connectivity index (χ0v) is 17.2. The Labute approximate surface area is 172 Å². The topological polar surface area (TPSA) is 93.5 Å². The number of aryl methyl sites for hydroxylation is 1. The van der Waals surface area contributed by atoms with Gasteiger partial charge in [-0.15, -0.1) is 11.3 Å². The van der Waals surface area contributed by atoms with E-state index in [1.807, 2.05) is 12.1 Å². The minimum absolute atomic E-state index is 0.319. The maximum absolute atomic E-state index is 12.8. The second-order valence-electron chi connectivity index (χ2n) is 5.98.